The first kappa shape index (κ1) is 14.9. The molecule has 3 nitrogen and oxygen atoms in total. The molecule has 0 aliphatic heterocycles. The first-order valence-corrected chi connectivity index (χ1v) is 7.38. The van der Waals surface area contributed by atoms with E-state index in [1.54, 1.807) is 12.1 Å². The Kier molecular flexibility index (Phi) is 5.44. The number of nitrogens with one attached hydrogen (secondary N) is 1. The molecule has 0 aromatic heterocycles. The number of ether oxygens (including phenoxy) is 1. The van der Waals surface area contributed by atoms with Crippen molar-refractivity contribution in [3.05, 3.63) is 58.1 Å². The minimum absolute atomic E-state index is 0.259. The Hall–Kier alpha value is -1.52. The zero-order valence-corrected chi connectivity index (χ0v) is 13.0. The van der Waals surface area contributed by atoms with Crippen LogP contribution < -0.4 is 10.1 Å². The summed E-state index contributed by atoms with van der Waals surface area (Å²) in [6, 6.07) is 13.0. The van der Waals surface area contributed by atoms with Gasteiger partial charge in [-0.3, -0.25) is 0 Å². The van der Waals surface area contributed by atoms with Gasteiger partial charge in [0.15, 0.2) is 0 Å². The number of halogens is 1. The summed E-state index contributed by atoms with van der Waals surface area (Å²) >= 11 is 3.54. The van der Waals surface area contributed by atoms with Crippen LogP contribution in [0, 0.1) is 0 Å². The number of rotatable bonds is 6. The van der Waals surface area contributed by atoms with Gasteiger partial charge in [0.1, 0.15) is 18.1 Å². The van der Waals surface area contributed by atoms with E-state index in [1.807, 2.05) is 30.3 Å². The van der Waals surface area contributed by atoms with E-state index in [-0.39, 0.29) is 5.75 Å². The largest absolute Gasteiger partial charge is 0.508 e. The molecule has 106 valence electrons. The van der Waals surface area contributed by atoms with E-state index in [2.05, 4.69) is 28.2 Å². The van der Waals surface area contributed by atoms with E-state index in [9.17, 15) is 5.11 Å². The summed E-state index contributed by atoms with van der Waals surface area (Å²) in [5.41, 5.74) is 2.11. The third-order valence-corrected chi connectivity index (χ3v) is 3.67. The maximum atomic E-state index is 9.42. The predicted molar refractivity (Wildman–Crippen MR) is 84.0 cm³/mol. The molecule has 0 spiro atoms. The Morgan fingerprint density at radius 1 is 1.20 bits per heavy atom. The molecule has 0 aliphatic carbocycles. The van der Waals surface area contributed by atoms with Crippen molar-refractivity contribution in [3.8, 4) is 11.5 Å². The zero-order chi connectivity index (χ0) is 14.4. The minimum Gasteiger partial charge on any atom is -0.508 e. The van der Waals surface area contributed by atoms with Gasteiger partial charge in [-0.2, -0.15) is 0 Å². The highest BCUT2D eigenvalue weighted by atomic mass is 79.9. The monoisotopic (exact) mass is 335 g/mol. The molecule has 0 amide bonds. The fourth-order valence-electron chi connectivity index (χ4n) is 1.85. The average molecular weight is 336 g/mol. The van der Waals surface area contributed by atoms with Crippen LogP contribution in [0.1, 0.15) is 18.1 Å². The maximum absolute atomic E-state index is 9.42. The second-order valence-corrected chi connectivity index (χ2v) is 5.35. The topological polar surface area (TPSA) is 41.5 Å². The Bertz CT molecular complexity index is 572. The molecule has 0 unspecified atom stereocenters. The van der Waals surface area contributed by atoms with Crippen LogP contribution in [0.2, 0.25) is 0 Å². The number of hydrogen-bond donors (Lipinski definition) is 2. The van der Waals surface area contributed by atoms with Crippen molar-refractivity contribution in [3.63, 3.8) is 0 Å². The van der Waals surface area contributed by atoms with Gasteiger partial charge >= 0.3 is 0 Å². The second kappa shape index (κ2) is 7.31. The highest BCUT2D eigenvalue weighted by Gasteiger charge is 2.03. The van der Waals surface area contributed by atoms with Gasteiger partial charge in [0.25, 0.3) is 0 Å². The van der Waals surface area contributed by atoms with E-state index in [1.165, 1.54) is 5.56 Å². The van der Waals surface area contributed by atoms with Crippen LogP contribution in [0.5, 0.6) is 11.5 Å². The first-order chi connectivity index (χ1) is 9.69. The maximum Gasteiger partial charge on any atom is 0.120 e. The van der Waals surface area contributed by atoms with Crippen molar-refractivity contribution < 1.29 is 9.84 Å². The molecular formula is C16H18BrNO2. The van der Waals surface area contributed by atoms with E-state index in [0.29, 0.717) is 6.61 Å². The van der Waals surface area contributed by atoms with Gasteiger partial charge in [-0.05, 0) is 48.0 Å². The van der Waals surface area contributed by atoms with Crippen LogP contribution in [-0.4, -0.2) is 11.7 Å². The lowest BCUT2D eigenvalue weighted by atomic mass is 10.2. The Balaban J connectivity index is 2.02. The van der Waals surface area contributed by atoms with Crippen molar-refractivity contribution in [1.29, 1.82) is 0 Å². The SMILES string of the molecule is CCNCc1cc(OCc2cccc(O)c2)ccc1Br. The minimum atomic E-state index is 0.259. The quantitative estimate of drug-likeness (QED) is 0.842. The van der Waals surface area contributed by atoms with Crippen molar-refractivity contribution >= 4 is 15.9 Å². The van der Waals surface area contributed by atoms with Gasteiger partial charge in [-0.1, -0.05) is 35.0 Å². The highest BCUT2D eigenvalue weighted by Crippen LogP contribution is 2.23. The summed E-state index contributed by atoms with van der Waals surface area (Å²) in [7, 11) is 0. The average Bonchev–Trinajstić information content (AvgIpc) is 2.45. The van der Waals surface area contributed by atoms with Crippen LogP contribution in [-0.2, 0) is 13.2 Å². The van der Waals surface area contributed by atoms with Crippen molar-refractivity contribution in [2.24, 2.45) is 0 Å². The summed E-state index contributed by atoms with van der Waals surface area (Å²) in [4.78, 5) is 0. The smallest absolute Gasteiger partial charge is 0.120 e. The van der Waals surface area contributed by atoms with Gasteiger partial charge in [0, 0.05) is 11.0 Å². The van der Waals surface area contributed by atoms with Crippen molar-refractivity contribution in [2.75, 3.05) is 6.54 Å². The number of hydrogen-bond acceptors (Lipinski definition) is 3. The molecule has 4 heteroatoms. The van der Waals surface area contributed by atoms with Gasteiger partial charge in [0.05, 0.1) is 0 Å². The molecule has 0 saturated heterocycles. The second-order valence-electron chi connectivity index (χ2n) is 4.49. The number of phenols is 1. The summed E-state index contributed by atoms with van der Waals surface area (Å²) in [5.74, 6) is 1.08. The van der Waals surface area contributed by atoms with Crippen molar-refractivity contribution in [1.82, 2.24) is 5.32 Å². The normalized spacial score (nSPS) is 10.5. The molecule has 2 aromatic carbocycles. The summed E-state index contributed by atoms with van der Waals surface area (Å²) in [6.07, 6.45) is 0. The lowest BCUT2D eigenvalue weighted by molar-refractivity contribution is 0.305. The first-order valence-electron chi connectivity index (χ1n) is 6.59. The molecule has 0 heterocycles. The van der Waals surface area contributed by atoms with E-state index in [4.69, 9.17) is 4.74 Å². The molecule has 0 fully saturated rings. The Morgan fingerprint density at radius 2 is 2.05 bits per heavy atom. The Morgan fingerprint density at radius 3 is 2.80 bits per heavy atom. The molecule has 2 N–H and O–H groups in total. The lowest BCUT2D eigenvalue weighted by Crippen LogP contribution is -2.12. The van der Waals surface area contributed by atoms with Crippen LogP contribution in [0.15, 0.2) is 46.9 Å². The summed E-state index contributed by atoms with van der Waals surface area (Å²) < 4.78 is 6.84. The molecule has 0 atom stereocenters. The fourth-order valence-corrected chi connectivity index (χ4v) is 2.24. The van der Waals surface area contributed by atoms with Gasteiger partial charge in [-0.25, -0.2) is 0 Å². The molecule has 0 saturated carbocycles. The molecule has 0 radical (unpaired) electrons. The third-order valence-electron chi connectivity index (χ3n) is 2.90. The van der Waals surface area contributed by atoms with Crippen LogP contribution in [0.4, 0.5) is 0 Å². The molecular weight excluding hydrogens is 318 g/mol. The van der Waals surface area contributed by atoms with Crippen LogP contribution in [0.3, 0.4) is 0 Å². The molecule has 0 bridgehead atoms. The number of aromatic hydroxyl groups is 1. The fraction of sp³-hybridized carbons (Fsp3) is 0.250. The summed E-state index contributed by atoms with van der Waals surface area (Å²) in [5, 5.41) is 12.7. The van der Waals surface area contributed by atoms with Crippen molar-refractivity contribution in [2.45, 2.75) is 20.1 Å². The van der Waals surface area contributed by atoms with Gasteiger partial charge in [-0.15, -0.1) is 0 Å². The standard InChI is InChI=1S/C16H18BrNO2/c1-2-18-10-13-9-15(6-7-16(13)17)20-11-12-4-3-5-14(19)8-12/h3-9,18-19H,2,10-11H2,1H3. The Labute approximate surface area is 127 Å². The number of phenolic OH excluding ortho intramolecular Hbond substituents is 1. The number of benzene rings is 2. The molecule has 0 aliphatic rings. The predicted octanol–water partition coefficient (Wildman–Crippen LogP) is 3.84. The molecule has 2 aromatic rings. The zero-order valence-electron chi connectivity index (χ0n) is 11.4. The summed E-state index contributed by atoms with van der Waals surface area (Å²) in [6.45, 7) is 4.26. The highest BCUT2D eigenvalue weighted by molar-refractivity contribution is 9.10. The van der Waals surface area contributed by atoms with Gasteiger partial charge < -0.3 is 15.2 Å². The molecule has 20 heavy (non-hydrogen) atoms. The van der Waals surface area contributed by atoms with E-state index < -0.39 is 0 Å². The van der Waals surface area contributed by atoms with Crippen LogP contribution in [0.25, 0.3) is 0 Å². The van der Waals surface area contributed by atoms with Crippen LogP contribution >= 0.6 is 15.9 Å². The van der Waals surface area contributed by atoms with E-state index >= 15 is 0 Å². The lowest BCUT2D eigenvalue weighted by Gasteiger charge is -2.10. The third kappa shape index (κ3) is 4.25. The van der Waals surface area contributed by atoms with E-state index in [0.717, 1.165) is 28.9 Å². The van der Waals surface area contributed by atoms with Gasteiger partial charge in [0.2, 0.25) is 0 Å². The molecule has 2 rings (SSSR count).